The summed E-state index contributed by atoms with van der Waals surface area (Å²) in [6, 6.07) is 6.65. The average Bonchev–Trinajstić information content (AvgIpc) is 2.89. The monoisotopic (exact) mass is 508 g/mol. The summed E-state index contributed by atoms with van der Waals surface area (Å²) in [7, 11) is 1.79. The topological polar surface area (TPSA) is 88.4 Å². The number of aliphatic hydroxyl groups is 1. The van der Waals surface area contributed by atoms with E-state index in [-0.39, 0.29) is 17.2 Å². The molecular formula is C26H35F3N4O3. The first-order valence-corrected chi connectivity index (χ1v) is 12.6. The highest BCUT2D eigenvalue weighted by Gasteiger charge is 2.44. The van der Waals surface area contributed by atoms with Crippen molar-refractivity contribution < 1.29 is 23.0 Å². The van der Waals surface area contributed by atoms with Crippen LogP contribution in [0.15, 0.2) is 41.2 Å². The molecule has 0 amide bonds. The number of halogens is 3. The van der Waals surface area contributed by atoms with E-state index in [1.54, 1.807) is 20.1 Å². The van der Waals surface area contributed by atoms with Gasteiger partial charge in [-0.05, 0) is 75.4 Å². The Kier molecular flexibility index (Phi) is 8.06. The summed E-state index contributed by atoms with van der Waals surface area (Å²) in [4.78, 5) is 12.6. The molecule has 1 saturated heterocycles. The van der Waals surface area contributed by atoms with Gasteiger partial charge in [-0.2, -0.15) is 18.3 Å². The predicted molar refractivity (Wildman–Crippen MR) is 131 cm³/mol. The number of aromatic nitrogens is 2. The van der Waals surface area contributed by atoms with Gasteiger partial charge < -0.3 is 20.5 Å². The third-order valence-corrected chi connectivity index (χ3v) is 7.82. The molecule has 1 saturated carbocycles. The molecule has 2 fully saturated rings. The minimum absolute atomic E-state index is 0.0975. The molecule has 4 atom stereocenters. The van der Waals surface area contributed by atoms with Crippen molar-refractivity contribution in [2.24, 2.45) is 5.92 Å². The SMILES string of the molecule is COC1(C2CCCCC2)CCNC(c2ccc(=O)n(C(C)C(O)Nc3ccc(C(F)(F)F)cc3)n2)C1. The zero-order valence-electron chi connectivity index (χ0n) is 20.7. The Morgan fingerprint density at radius 3 is 2.50 bits per heavy atom. The minimum atomic E-state index is -4.44. The number of ether oxygens (including phenoxy) is 1. The summed E-state index contributed by atoms with van der Waals surface area (Å²) in [5.41, 5.74) is -0.381. The van der Waals surface area contributed by atoms with Gasteiger partial charge in [0.15, 0.2) is 0 Å². The largest absolute Gasteiger partial charge is 0.416 e. The molecule has 3 N–H and O–H groups in total. The zero-order chi connectivity index (χ0) is 25.9. The lowest BCUT2D eigenvalue weighted by molar-refractivity contribution is -0.137. The fraction of sp³-hybridized carbons (Fsp3) is 0.615. The molecule has 0 radical (unpaired) electrons. The first kappa shape index (κ1) is 26.6. The van der Waals surface area contributed by atoms with Crippen LogP contribution in [-0.4, -0.2) is 40.4 Å². The van der Waals surface area contributed by atoms with E-state index < -0.39 is 24.0 Å². The second kappa shape index (κ2) is 10.9. The number of nitrogens with zero attached hydrogens (tertiary/aromatic N) is 2. The van der Waals surface area contributed by atoms with Crippen molar-refractivity contribution in [2.75, 3.05) is 19.0 Å². The van der Waals surface area contributed by atoms with E-state index >= 15 is 0 Å². The molecule has 2 aliphatic rings. The molecule has 0 spiro atoms. The molecule has 4 unspecified atom stereocenters. The first-order valence-electron chi connectivity index (χ1n) is 12.6. The van der Waals surface area contributed by atoms with Gasteiger partial charge in [-0.1, -0.05) is 19.3 Å². The van der Waals surface area contributed by atoms with Crippen molar-refractivity contribution in [1.82, 2.24) is 15.1 Å². The lowest BCUT2D eigenvalue weighted by Crippen LogP contribution is -2.51. The van der Waals surface area contributed by atoms with Crippen molar-refractivity contribution in [3.8, 4) is 0 Å². The Labute approximate surface area is 209 Å². The van der Waals surface area contributed by atoms with E-state index in [1.807, 2.05) is 0 Å². The number of methoxy groups -OCH3 is 1. The maximum atomic E-state index is 12.8. The Morgan fingerprint density at radius 1 is 1.17 bits per heavy atom. The van der Waals surface area contributed by atoms with Gasteiger partial charge in [-0.3, -0.25) is 4.79 Å². The van der Waals surface area contributed by atoms with Gasteiger partial charge >= 0.3 is 6.18 Å². The summed E-state index contributed by atoms with van der Waals surface area (Å²) >= 11 is 0. The van der Waals surface area contributed by atoms with E-state index in [4.69, 9.17) is 4.74 Å². The second-order valence-corrected chi connectivity index (χ2v) is 10.0. The van der Waals surface area contributed by atoms with Crippen LogP contribution in [0.4, 0.5) is 18.9 Å². The van der Waals surface area contributed by atoms with Crippen LogP contribution in [0, 0.1) is 5.92 Å². The molecular weight excluding hydrogens is 473 g/mol. The Bertz CT molecular complexity index is 1070. The molecule has 2 aromatic rings. The average molecular weight is 509 g/mol. The van der Waals surface area contributed by atoms with Crippen LogP contribution in [0.3, 0.4) is 0 Å². The predicted octanol–water partition coefficient (Wildman–Crippen LogP) is 4.64. The molecule has 10 heteroatoms. The molecule has 7 nitrogen and oxygen atoms in total. The van der Waals surface area contributed by atoms with Gasteiger partial charge in [-0.25, -0.2) is 4.68 Å². The van der Waals surface area contributed by atoms with E-state index in [0.717, 1.165) is 44.4 Å². The third kappa shape index (κ3) is 5.76. The number of benzene rings is 1. The lowest BCUT2D eigenvalue weighted by Gasteiger charge is -2.47. The van der Waals surface area contributed by atoms with E-state index in [9.17, 15) is 23.1 Å². The summed E-state index contributed by atoms with van der Waals surface area (Å²) in [5, 5.41) is 21.6. The maximum Gasteiger partial charge on any atom is 0.416 e. The number of aliphatic hydroxyl groups excluding tert-OH is 1. The second-order valence-electron chi connectivity index (χ2n) is 10.0. The van der Waals surface area contributed by atoms with Gasteiger partial charge in [0.2, 0.25) is 0 Å². The highest BCUT2D eigenvalue weighted by atomic mass is 19.4. The highest BCUT2D eigenvalue weighted by molar-refractivity contribution is 5.45. The van der Waals surface area contributed by atoms with Crippen molar-refractivity contribution in [3.05, 3.63) is 58.0 Å². The van der Waals surface area contributed by atoms with Gasteiger partial charge in [0.1, 0.15) is 6.23 Å². The molecule has 36 heavy (non-hydrogen) atoms. The standard InChI is InChI=1S/C26H35F3N4O3/c1-17(24(35)31-20-10-8-19(9-11-20)26(27,28)29)33-23(34)13-12-21(32-33)22-16-25(36-2,14-15-30-22)18-6-4-3-5-7-18/h8-13,17-18,22,24,30-31,35H,3-7,14-16H2,1-2H3. The van der Waals surface area contributed by atoms with Crippen molar-refractivity contribution in [2.45, 2.75) is 82.0 Å². The van der Waals surface area contributed by atoms with Crippen LogP contribution in [0.1, 0.15) is 75.2 Å². The number of hydrogen-bond acceptors (Lipinski definition) is 6. The van der Waals surface area contributed by atoms with Crippen molar-refractivity contribution >= 4 is 5.69 Å². The molecule has 4 rings (SSSR count). The number of piperidine rings is 1. The van der Waals surface area contributed by atoms with E-state index in [0.29, 0.717) is 17.3 Å². The quantitative estimate of drug-likeness (QED) is 0.472. The molecule has 1 aliphatic heterocycles. The van der Waals surface area contributed by atoms with Crippen LogP contribution >= 0.6 is 0 Å². The molecule has 198 valence electrons. The maximum absolute atomic E-state index is 12.8. The summed E-state index contributed by atoms with van der Waals surface area (Å²) in [6.45, 7) is 2.42. The Hall–Kier alpha value is -2.43. The van der Waals surface area contributed by atoms with Gasteiger partial charge in [0.25, 0.3) is 5.56 Å². The molecule has 2 heterocycles. The molecule has 1 aromatic heterocycles. The summed E-state index contributed by atoms with van der Waals surface area (Å²) < 4.78 is 45.8. The van der Waals surface area contributed by atoms with Crippen LogP contribution in [0.25, 0.3) is 0 Å². The van der Waals surface area contributed by atoms with Crippen molar-refractivity contribution in [1.29, 1.82) is 0 Å². The molecule has 1 aliphatic carbocycles. The lowest BCUT2D eigenvalue weighted by atomic mass is 9.70. The Morgan fingerprint density at radius 2 is 1.86 bits per heavy atom. The third-order valence-electron chi connectivity index (χ3n) is 7.82. The van der Waals surface area contributed by atoms with E-state index in [2.05, 4.69) is 15.7 Å². The Balaban J connectivity index is 1.49. The van der Waals surface area contributed by atoms with Gasteiger partial charge in [0.05, 0.1) is 28.9 Å². The smallest absolute Gasteiger partial charge is 0.378 e. The fourth-order valence-electron chi connectivity index (χ4n) is 5.64. The number of alkyl halides is 3. The number of hydrogen-bond donors (Lipinski definition) is 3. The number of nitrogens with one attached hydrogen (secondary N) is 2. The minimum Gasteiger partial charge on any atom is -0.378 e. The normalized spacial score (nSPS) is 25.3. The van der Waals surface area contributed by atoms with E-state index in [1.165, 1.54) is 42.1 Å². The number of anilines is 1. The number of rotatable bonds is 7. The highest BCUT2D eigenvalue weighted by Crippen LogP contribution is 2.44. The molecule has 1 aromatic carbocycles. The van der Waals surface area contributed by atoms with Crippen LogP contribution < -0.4 is 16.2 Å². The van der Waals surface area contributed by atoms with Crippen LogP contribution in [-0.2, 0) is 10.9 Å². The zero-order valence-corrected chi connectivity index (χ0v) is 20.7. The van der Waals surface area contributed by atoms with Gasteiger partial charge in [0, 0.05) is 18.9 Å². The van der Waals surface area contributed by atoms with Crippen molar-refractivity contribution in [3.63, 3.8) is 0 Å². The van der Waals surface area contributed by atoms with Crippen LogP contribution in [0.5, 0.6) is 0 Å². The summed E-state index contributed by atoms with van der Waals surface area (Å²) in [6.07, 6.45) is 2.02. The van der Waals surface area contributed by atoms with Gasteiger partial charge in [-0.15, -0.1) is 0 Å². The summed E-state index contributed by atoms with van der Waals surface area (Å²) in [5.74, 6) is 0.500. The van der Waals surface area contributed by atoms with Crippen LogP contribution in [0.2, 0.25) is 0 Å². The first-order chi connectivity index (χ1) is 17.1. The fourth-order valence-corrected chi connectivity index (χ4v) is 5.64. The molecule has 0 bridgehead atoms.